The Labute approximate surface area is 175 Å². The minimum absolute atomic E-state index is 0.0979. The van der Waals surface area contributed by atoms with Crippen LogP contribution in [0.15, 0.2) is 66.7 Å². The standard InChI is InChI=1S/C25H24F2N2O/c1-3-17-4-6-18(7-5-17)25(30)29-16(2)14-23(22-15-20(27)10-13-24(22)29)28-21-11-8-19(26)9-12-21/h4-13,15-16,23,28H,3,14H2,1-2H3/t16-,23-/m0/s1. The summed E-state index contributed by atoms with van der Waals surface area (Å²) in [6, 6.07) is 17.9. The van der Waals surface area contributed by atoms with E-state index in [2.05, 4.69) is 12.2 Å². The zero-order chi connectivity index (χ0) is 21.3. The Morgan fingerprint density at radius 2 is 1.67 bits per heavy atom. The maximum Gasteiger partial charge on any atom is 0.258 e. The average Bonchev–Trinajstić information content (AvgIpc) is 2.75. The number of nitrogens with zero attached hydrogens (tertiary/aromatic N) is 1. The zero-order valence-electron chi connectivity index (χ0n) is 17.0. The lowest BCUT2D eigenvalue weighted by molar-refractivity contribution is 0.0974. The number of benzene rings is 3. The fraction of sp³-hybridized carbons (Fsp3) is 0.240. The van der Waals surface area contributed by atoms with Gasteiger partial charge in [0.05, 0.1) is 6.04 Å². The summed E-state index contributed by atoms with van der Waals surface area (Å²) in [5.41, 5.74) is 3.94. The number of anilines is 2. The van der Waals surface area contributed by atoms with Crippen molar-refractivity contribution in [3.63, 3.8) is 0 Å². The Morgan fingerprint density at radius 3 is 2.33 bits per heavy atom. The molecule has 1 aliphatic heterocycles. The molecular weight excluding hydrogens is 382 g/mol. The highest BCUT2D eigenvalue weighted by molar-refractivity contribution is 6.07. The molecule has 30 heavy (non-hydrogen) atoms. The first-order valence-corrected chi connectivity index (χ1v) is 10.2. The second-order valence-electron chi connectivity index (χ2n) is 7.72. The summed E-state index contributed by atoms with van der Waals surface area (Å²) >= 11 is 0. The molecule has 1 amide bonds. The van der Waals surface area contributed by atoms with E-state index in [4.69, 9.17) is 0 Å². The van der Waals surface area contributed by atoms with Crippen molar-refractivity contribution in [1.29, 1.82) is 0 Å². The van der Waals surface area contributed by atoms with E-state index in [9.17, 15) is 13.6 Å². The van der Waals surface area contributed by atoms with Gasteiger partial charge in [-0.05, 0) is 79.9 Å². The van der Waals surface area contributed by atoms with Gasteiger partial charge in [0.15, 0.2) is 0 Å². The van der Waals surface area contributed by atoms with Gasteiger partial charge in [0.1, 0.15) is 11.6 Å². The molecule has 4 rings (SSSR count). The topological polar surface area (TPSA) is 32.3 Å². The van der Waals surface area contributed by atoms with Gasteiger partial charge in [0.2, 0.25) is 0 Å². The minimum Gasteiger partial charge on any atom is -0.378 e. The van der Waals surface area contributed by atoms with Gasteiger partial charge in [-0.2, -0.15) is 0 Å². The number of aryl methyl sites for hydroxylation is 1. The summed E-state index contributed by atoms with van der Waals surface area (Å²) in [6.45, 7) is 4.06. The molecule has 1 N–H and O–H groups in total. The quantitative estimate of drug-likeness (QED) is 0.566. The van der Waals surface area contributed by atoms with Crippen LogP contribution in [0.5, 0.6) is 0 Å². The van der Waals surface area contributed by atoms with Gasteiger partial charge < -0.3 is 10.2 Å². The van der Waals surface area contributed by atoms with Crippen LogP contribution in [0.3, 0.4) is 0 Å². The van der Waals surface area contributed by atoms with E-state index in [1.807, 2.05) is 31.2 Å². The monoisotopic (exact) mass is 406 g/mol. The van der Waals surface area contributed by atoms with Crippen LogP contribution in [0.4, 0.5) is 20.2 Å². The van der Waals surface area contributed by atoms with E-state index in [1.54, 1.807) is 23.1 Å². The first kappa shape index (κ1) is 20.1. The highest BCUT2D eigenvalue weighted by atomic mass is 19.1. The molecule has 5 heteroatoms. The summed E-state index contributed by atoms with van der Waals surface area (Å²) in [7, 11) is 0. The normalized spacial score (nSPS) is 18.1. The van der Waals surface area contributed by atoms with E-state index in [-0.39, 0.29) is 29.6 Å². The molecule has 2 atom stereocenters. The van der Waals surface area contributed by atoms with E-state index in [0.29, 0.717) is 17.7 Å². The smallest absolute Gasteiger partial charge is 0.258 e. The summed E-state index contributed by atoms with van der Waals surface area (Å²) in [6.07, 6.45) is 1.51. The van der Waals surface area contributed by atoms with Crippen molar-refractivity contribution in [2.45, 2.75) is 38.8 Å². The van der Waals surface area contributed by atoms with E-state index in [0.717, 1.165) is 17.7 Å². The Bertz CT molecular complexity index is 1050. The molecule has 154 valence electrons. The number of fused-ring (bicyclic) bond motifs is 1. The SMILES string of the molecule is CCc1ccc(C(=O)N2c3ccc(F)cc3[C@@H](Nc3ccc(F)cc3)C[C@@H]2C)cc1. The van der Waals surface area contributed by atoms with Crippen LogP contribution in [0, 0.1) is 11.6 Å². The van der Waals surface area contributed by atoms with Crippen LogP contribution in [0.1, 0.15) is 47.8 Å². The Morgan fingerprint density at radius 1 is 1.00 bits per heavy atom. The van der Waals surface area contributed by atoms with E-state index in [1.165, 1.54) is 29.8 Å². The molecule has 0 aromatic heterocycles. The maximum atomic E-state index is 14.1. The van der Waals surface area contributed by atoms with Crippen LogP contribution in [-0.2, 0) is 6.42 Å². The number of rotatable bonds is 4. The molecule has 0 bridgehead atoms. The van der Waals surface area contributed by atoms with Crippen molar-refractivity contribution >= 4 is 17.3 Å². The molecule has 0 spiro atoms. The number of hydrogen-bond acceptors (Lipinski definition) is 2. The zero-order valence-corrected chi connectivity index (χ0v) is 17.0. The third-order valence-electron chi connectivity index (χ3n) is 5.66. The van der Waals surface area contributed by atoms with E-state index < -0.39 is 0 Å². The molecule has 0 unspecified atom stereocenters. The molecule has 1 heterocycles. The average molecular weight is 406 g/mol. The molecule has 3 aromatic carbocycles. The van der Waals surface area contributed by atoms with Crippen LogP contribution < -0.4 is 10.2 Å². The summed E-state index contributed by atoms with van der Waals surface area (Å²) < 4.78 is 27.4. The lowest BCUT2D eigenvalue weighted by atomic mass is 9.90. The van der Waals surface area contributed by atoms with Crippen molar-refractivity contribution in [2.24, 2.45) is 0 Å². The maximum absolute atomic E-state index is 14.1. The van der Waals surface area contributed by atoms with E-state index >= 15 is 0 Å². The van der Waals surface area contributed by atoms with Gasteiger partial charge in [0, 0.05) is 28.5 Å². The van der Waals surface area contributed by atoms with Crippen LogP contribution in [-0.4, -0.2) is 11.9 Å². The fourth-order valence-electron chi connectivity index (χ4n) is 4.05. The van der Waals surface area contributed by atoms with Crippen LogP contribution in [0.2, 0.25) is 0 Å². The van der Waals surface area contributed by atoms with Crippen molar-refractivity contribution in [3.05, 3.63) is 95.1 Å². The van der Waals surface area contributed by atoms with Gasteiger partial charge in [0.25, 0.3) is 5.91 Å². The molecule has 1 aliphatic rings. The van der Waals surface area contributed by atoms with Crippen LogP contribution in [0.25, 0.3) is 0 Å². The first-order chi connectivity index (χ1) is 14.5. The number of amides is 1. The molecule has 0 radical (unpaired) electrons. The third-order valence-corrected chi connectivity index (χ3v) is 5.66. The van der Waals surface area contributed by atoms with Crippen molar-refractivity contribution < 1.29 is 13.6 Å². The molecular formula is C25H24F2N2O. The molecule has 3 aromatic rings. The summed E-state index contributed by atoms with van der Waals surface area (Å²) in [4.78, 5) is 15.1. The van der Waals surface area contributed by atoms with Crippen molar-refractivity contribution in [3.8, 4) is 0 Å². The minimum atomic E-state index is -0.353. The predicted octanol–water partition coefficient (Wildman–Crippen LogP) is 6.12. The Balaban J connectivity index is 1.68. The second kappa shape index (κ2) is 8.27. The van der Waals surface area contributed by atoms with Gasteiger partial charge >= 0.3 is 0 Å². The molecule has 0 aliphatic carbocycles. The number of halogens is 2. The number of nitrogens with one attached hydrogen (secondary N) is 1. The molecule has 0 fully saturated rings. The number of carbonyl (C=O) groups excluding carboxylic acids is 1. The lowest BCUT2D eigenvalue weighted by Gasteiger charge is -2.40. The van der Waals surface area contributed by atoms with Crippen molar-refractivity contribution in [2.75, 3.05) is 10.2 Å². The van der Waals surface area contributed by atoms with Gasteiger partial charge in [-0.25, -0.2) is 8.78 Å². The third kappa shape index (κ3) is 3.92. The Hall–Kier alpha value is -3.21. The molecule has 0 saturated heterocycles. The molecule has 3 nitrogen and oxygen atoms in total. The lowest BCUT2D eigenvalue weighted by Crippen LogP contribution is -2.44. The largest absolute Gasteiger partial charge is 0.378 e. The van der Waals surface area contributed by atoms with Gasteiger partial charge in [-0.15, -0.1) is 0 Å². The highest BCUT2D eigenvalue weighted by Gasteiger charge is 2.34. The Kier molecular flexibility index (Phi) is 5.53. The summed E-state index contributed by atoms with van der Waals surface area (Å²) in [5.74, 6) is -0.762. The van der Waals surface area contributed by atoms with Crippen molar-refractivity contribution in [1.82, 2.24) is 0 Å². The number of hydrogen-bond donors (Lipinski definition) is 1. The molecule has 0 saturated carbocycles. The second-order valence-corrected chi connectivity index (χ2v) is 7.72. The summed E-state index contributed by atoms with van der Waals surface area (Å²) in [5, 5.41) is 3.36. The van der Waals surface area contributed by atoms with Crippen LogP contribution >= 0.6 is 0 Å². The predicted molar refractivity (Wildman–Crippen MR) is 116 cm³/mol. The first-order valence-electron chi connectivity index (χ1n) is 10.2. The number of carbonyl (C=O) groups is 1. The van der Waals surface area contributed by atoms with Gasteiger partial charge in [-0.3, -0.25) is 4.79 Å². The highest BCUT2D eigenvalue weighted by Crippen LogP contribution is 2.40. The fourth-order valence-corrected chi connectivity index (χ4v) is 4.05. The van der Waals surface area contributed by atoms with Gasteiger partial charge in [-0.1, -0.05) is 19.1 Å².